The number of aliphatic hydroxyl groups is 1. The predicted octanol–water partition coefficient (Wildman–Crippen LogP) is 3.44. The first kappa shape index (κ1) is 23.2. The van der Waals surface area contributed by atoms with Crippen molar-refractivity contribution in [2.45, 2.75) is 31.5 Å². The molecule has 4 atom stereocenters. The highest BCUT2D eigenvalue weighted by atomic mass is 79.9. The number of hydrogen-bond acceptors (Lipinski definition) is 8. The van der Waals surface area contributed by atoms with Crippen LogP contribution in [0, 0.1) is 0 Å². The summed E-state index contributed by atoms with van der Waals surface area (Å²) in [7, 11) is -3.95. The fourth-order valence-corrected chi connectivity index (χ4v) is 5.43. The van der Waals surface area contributed by atoms with Crippen LogP contribution in [0.2, 0.25) is 0 Å². The number of phosphoric acid groups is 1. The zero-order valence-corrected chi connectivity index (χ0v) is 20.1. The second-order valence-corrected chi connectivity index (χ2v) is 10.0. The van der Waals surface area contributed by atoms with E-state index in [1.165, 1.54) is 21.8 Å². The molecular weight excluding hydrogens is 531 g/mol. The fourth-order valence-electron chi connectivity index (χ4n) is 3.93. The maximum absolute atomic E-state index is 13.0. The molecule has 0 saturated carbocycles. The molecule has 0 bridgehead atoms. The Labute approximate surface area is 201 Å². The summed E-state index contributed by atoms with van der Waals surface area (Å²) < 4.78 is 36.4. The monoisotopic (exact) mass is 550 g/mol. The zero-order valence-electron chi connectivity index (χ0n) is 17.6. The number of benzene rings is 2. The number of H-pyrrole nitrogens is 1. The normalized spacial score (nSPS) is 26.6. The van der Waals surface area contributed by atoms with Crippen LogP contribution in [0.4, 0.5) is 0 Å². The van der Waals surface area contributed by atoms with E-state index >= 15 is 0 Å². The van der Waals surface area contributed by atoms with Gasteiger partial charge in [-0.3, -0.25) is 23.4 Å². The van der Waals surface area contributed by atoms with Gasteiger partial charge in [-0.05, 0) is 34.0 Å². The van der Waals surface area contributed by atoms with Crippen LogP contribution in [-0.4, -0.2) is 33.5 Å². The number of ether oxygens (including phenoxy) is 1. The number of nitrogens with one attached hydrogen (secondary N) is 1. The van der Waals surface area contributed by atoms with Gasteiger partial charge >= 0.3 is 13.5 Å². The molecule has 10 nitrogen and oxygen atoms in total. The number of phosphoric ester groups is 1. The highest BCUT2D eigenvalue weighted by Crippen LogP contribution is 2.55. The minimum absolute atomic E-state index is 0.0464. The van der Waals surface area contributed by atoms with E-state index < -0.39 is 37.5 Å². The number of halogens is 1. The number of aromatic amines is 1. The summed E-state index contributed by atoms with van der Waals surface area (Å²) in [6.07, 6.45) is 0.137. The molecule has 0 spiro atoms. The van der Waals surface area contributed by atoms with E-state index in [1.807, 2.05) is 30.3 Å². The van der Waals surface area contributed by atoms with E-state index in [4.69, 9.17) is 18.3 Å². The van der Waals surface area contributed by atoms with Crippen LogP contribution in [0.1, 0.15) is 23.8 Å². The van der Waals surface area contributed by atoms with E-state index in [0.717, 1.165) is 16.3 Å². The first-order valence-corrected chi connectivity index (χ1v) is 12.8. The summed E-state index contributed by atoms with van der Waals surface area (Å²) in [5, 5.41) is 12.4. The first-order chi connectivity index (χ1) is 16.3. The van der Waals surface area contributed by atoms with Crippen molar-refractivity contribution >= 4 is 40.6 Å². The number of hydrogen-bond donors (Lipinski definition) is 2. The average Bonchev–Trinajstić information content (AvgIpc) is 3.18. The highest BCUT2D eigenvalue weighted by molar-refractivity contribution is 9.11. The summed E-state index contributed by atoms with van der Waals surface area (Å²) >= 11 is 3.09. The summed E-state index contributed by atoms with van der Waals surface area (Å²) in [6.45, 7) is -0.241. The van der Waals surface area contributed by atoms with Crippen LogP contribution < -0.4 is 15.8 Å². The third-order valence-corrected chi connectivity index (χ3v) is 7.26. The quantitative estimate of drug-likeness (QED) is 0.462. The SMILES string of the molecule is O=c1[nH]c(=O)n([C@H]2C[C@H](O)[C@@H](COP3(=O)OCc4cc5ccccc5cc4O3)O2)cc1/C=C/Br. The number of aliphatic hydroxyl groups excluding tert-OH is 1. The number of rotatable bonds is 5. The predicted molar refractivity (Wildman–Crippen MR) is 127 cm³/mol. The number of aromatic nitrogens is 2. The van der Waals surface area contributed by atoms with Crippen molar-refractivity contribution < 1.29 is 28.0 Å². The fraction of sp³-hybridized carbons (Fsp3) is 0.273. The number of fused-ring (bicyclic) bond motifs is 2. The van der Waals surface area contributed by atoms with Gasteiger partial charge in [0.15, 0.2) is 0 Å². The Bertz CT molecular complexity index is 1430. The molecule has 2 aromatic carbocycles. The third kappa shape index (κ3) is 4.55. The molecule has 0 amide bonds. The lowest BCUT2D eigenvalue weighted by atomic mass is 10.1. The summed E-state index contributed by atoms with van der Waals surface area (Å²) in [5.41, 5.74) is -0.245. The maximum atomic E-state index is 13.0. The van der Waals surface area contributed by atoms with Crippen molar-refractivity contribution in [1.82, 2.24) is 9.55 Å². The molecule has 5 rings (SSSR count). The Morgan fingerprint density at radius 1 is 1.26 bits per heavy atom. The second-order valence-electron chi connectivity index (χ2n) is 7.89. The zero-order chi connectivity index (χ0) is 23.9. The summed E-state index contributed by atoms with van der Waals surface area (Å²) in [4.78, 5) is 27.8. The van der Waals surface area contributed by atoms with Gasteiger partial charge in [-0.25, -0.2) is 9.36 Å². The van der Waals surface area contributed by atoms with E-state index in [0.29, 0.717) is 5.75 Å². The van der Waals surface area contributed by atoms with Crippen LogP contribution in [-0.2, 0) is 25.0 Å². The maximum Gasteiger partial charge on any atom is 0.530 e. The van der Waals surface area contributed by atoms with Crippen LogP contribution >= 0.6 is 23.8 Å². The van der Waals surface area contributed by atoms with E-state index in [-0.39, 0.29) is 25.2 Å². The molecule has 0 radical (unpaired) electrons. The van der Waals surface area contributed by atoms with Crippen LogP contribution in [0.15, 0.2) is 57.2 Å². The van der Waals surface area contributed by atoms with Crippen molar-refractivity contribution in [2.75, 3.05) is 6.61 Å². The Hall–Kier alpha value is -2.53. The summed E-state index contributed by atoms with van der Waals surface area (Å²) in [5.74, 6) is 0.409. The van der Waals surface area contributed by atoms with E-state index in [2.05, 4.69) is 20.9 Å². The Morgan fingerprint density at radius 3 is 2.79 bits per heavy atom. The Kier molecular flexibility index (Phi) is 6.32. The molecule has 3 heterocycles. The lowest BCUT2D eigenvalue weighted by Gasteiger charge is -2.26. The number of nitrogens with zero attached hydrogens (tertiary/aromatic N) is 1. The van der Waals surface area contributed by atoms with Gasteiger partial charge in [-0.15, -0.1) is 0 Å². The first-order valence-electron chi connectivity index (χ1n) is 10.4. The van der Waals surface area contributed by atoms with Crippen LogP contribution in [0.5, 0.6) is 5.75 Å². The molecule has 178 valence electrons. The molecule has 1 fully saturated rings. The minimum atomic E-state index is -3.95. The van der Waals surface area contributed by atoms with Crippen molar-refractivity contribution in [3.05, 3.63) is 79.5 Å². The van der Waals surface area contributed by atoms with Gasteiger partial charge in [-0.2, -0.15) is 0 Å². The van der Waals surface area contributed by atoms with E-state index in [9.17, 15) is 19.3 Å². The molecule has 1 unspecified atom stereocenters. The van der Waals surface area contributed by atoms with Crippen molar-refractivity contribution in [2.24, 2.45) is 0 Å². The van der Waals surface area contributed by atoms with Crippen molar-refractivity contribution in [3.63, 3.8) is 0 Å². The third-order valence-electron chi connectivity index (χ3n) is 5.67. The van der Waals surface area contributed by atoms with Crippen LogP contribution in [0.25, 0.3) is 16.8 Å². The molecule has 1 aromatic heterocycles. The average molecular weight is 551 g/mol. The van der Waals surface area contributed by atoms with Gasteiger partial charge in [0.2, 0.25) is 0 Å². The topological polar surface area (TPSA) is 129 Å². The Morgan fingerprint density at radius 2 is 2.03 bits per heavy atom. The molecule has 12 heteroatoms. The standard InChI is InChI=1S/C22H20BrN2O8P/c23-6-5-15-10-25(22(28)24-21(15)27)20-9-17(26)19(32-20)12-31-34(29)30-11-16-7-13-3-1-2-4-14(13)8-18(16)33-34/h1-8,10,17,19-20,26H,9,11-12H2,(H,24,27,28)/b6-5+/t17-,19+,20+,34?/m0/s1. The van der Waals surface area contributed by atoms with Crippen molar-refractivity contribution in [1.29, 1.82) is 0 Å². The van der Waals surface area contributed by atoms with Gasteiger partial charge in [-0.1, -0.05) is 40.2 Å². The van der Waals surface area contributed by atoms with Gasteiger partial charge in [0, 0.05) is 18.2 Å². The lowest BCUT2D eigenvalue weighted by molar-refractivity contribution is -0.0468. The van der Waals surface area contributed by atoms with Gasteiger partial charge in [0.05, 0.1) is 24.9 Å². The highest BCUT2D eigenvalue weighted by Gasteiger charge is 2.40. The van der Waals surface area contributed by atoms with Gasteiger partial charge < -0.3 is 14.4 Å². The molecule has 34 heavy (non-hydrogen) atoms. The minimum Gasteiger partial charge on any atom is -0.404 e. The smallest absolute Gasteiger partial charge is 0.404 e. The molecule has 2 aliphatic rings. The van der Waals surface area contributed by atoms with Gasteiger partial charge in [0.1, 0.15) is 18.1 Å². The molecule has 2 N–H and O–H groups in total. The van der Waals surface area contributed by atoms with Crippen LogP contribution in [0.3, 0.4) is 0 Å². The van der Waals surface area contributed by atoms with E-state index in [1.54, 1.807) is 6.07 Å². The molecule has 2 aliphatic heterocycles. The molecule has 1 saturated heterocycles. The summed E-state index contributed by atoms with van der Waals surface area (Å²) in [6, 6.07) is 11.4. The Balaban J connectivity index is 1.28. The largest absolute Gasteiger partial charge is 0.530 e. The van der Waals surface area contributed by atoms with Gasteiger partial charge in [0.25, 0.3) is 5.56 Å². The molecular formula is C22H20BrN2O8P. The molecule has 0 aliphatic carbocycles. The van der Waals surface area contributed by atoms with Crippen molar-refractivity contribution in [3.8, 4) is 5.75 Å². The second kappa shape index (κ2) is 9.26. The lowest BCUT2D eigenvalue weighted by Crippen LogP contribution is -2.33. The molecule has 3 aromatic rings.